The van der Waals surface area contributed by atoms with Gasteiger partial charge in [0.2, 0.25) is 5.91 Å². The zero-order chi connectivity index (χ0) is 16.9. The van der Waals surface area contributed by atoms with Crippen LogP contribution in [0.25, 0.3) is 11.4 Å². The molecule has 0 aliphatic rings. The predicted octanol–water partition coefficient (Wildman–Crippen LogP) is 2.15. The number of carbonyl (C=O) groups excluding carboxylic acids is 1. The molecule has 0 unspecified atom stereocenters. The molecular weight excluding hydrogens is 306 g/mol. The van der Waals surface area contributed by atoms with E-state index in [9.17, 15) is 9.90 Å². The summed E-state index contributed by atoms with van der Waals surface area (Å²) in [6, 6.07) is 6.70. The molecule has 0 aliphatic heterocycles. The number of nitrogens with zero attached hydrogens (tertiary/aromatic N) is 4. The molecule has 7 heteroatoms. The molecule has 0 fully saturated rings. The molecule has 0 saturated heterocycles. The van der Waals surface area contributed by atoms with Gasteiger partial charge in [-0.1, -0.05) is 12.1 Å². The highest BCUT2D eigenvalue weighted by molar-refractivity contribution is 5.90. The van der Waals surface area contributed by atoms with E-state index in [1.165, 1.54) is 0 Å². The molecule has 7 nitrogen and oxygen atoms in total. The molecule has 2 aromatic heterocycles. The van der Waals surface area contributed by atoms with Crippen LogP contribution in [-0.4, -0.2) is 30.5 Å². The number of anilines is 1. The Morgan fingerprint density at radius 1 is 1.25 bits per heavy atom. The predicted molar refractivity (Wildman–Crippen MR) is 89.3 cm³/mol. The highest BCUT2D eigenvalue weighted by Crippen LogP contribution is 2.20. The van der Waals surface area contributed by atoms with E-state index in [0.29, 0.717) is 29.9 Å². The topological polar surface area (TPSA) is 92.9 Å². The summed E-state index contributed by atoms with van der Waals surface area (Å²) in [4.78, 5) is 24.4. The standard InChI is InChI=1S/C17H17N5O2/c1-22-11-18-10-14(22)5-6-16(24)21-13-8-19-17(20-9-13)12-3-2-4-15(23)7-12/h2-4,7-11,23H,5-6H2,1H3,(H,21,24). The molecule has 0 spiro atoms. The first-order valence-electron chi connectivity index (χ1n) is 7.48. The third-order valence-corrected chi connectivity index (χ3v) is 3.56. The fourth-order valence-electron chi connectivity index (χ4n) is 2.28. The van der Waals surface area contributed by atoms with Crippen molar-refractivity contribution in [1.82, 2.24) is 19.5 Å². The number of benzene rings is 1. The largest absolute Gasteiger partial charge is 0.508 e. The second kappa shape index (κ2) is 6.91. The Bertz CT molecular complexity index is 842. The van der Waals surface area contributed by atoms with Crippen molar-refractivity contribution in [1.29, 1.82) is 0 Å². The molecule has 3 rings (SSSR count). The van der Waals surface area contributed by atoms with Crippen molar-refractivity contribution in [3.05, 3.63) is 54.9 Å². The van der Waals surface area contributed by atoms with Crippen LogP contribution in [-0.2, 0) is 18.3 Å². The highest BCUT2D eigenvalue weighted by atomic mass is 16.3. The molecule has 0 radical (unpaired) electrons. The number of aromatic nitrogens is 4. The fraction of sp³-hybridized carbons (Fsp3) is 0.176. The summed E-state index contributed by atoms with van der Waals surface area (Å²) in [6.07, 6.45) is 7.53. The van der Waals surface area contributed by atoms with Crippen LogP contribution in [0.1, 0.15) is 12.1 Å². The van der Waals surface area contributed by atoms with E-state index in [1.807, 2.05) is 11.6 Å². The Morgan fingerprint density at radius 2 is 2.04 bits per heavy atom. The van der Waals surface area contributed by atoms with Crippen LogP contribution >= 0.6 is 0 Å². The van der Waals surface area contributed by atoms with Crippen LogP contribution in [0.2, 0.25) is 0 Å². The number of nitrogens with one attached hydrogen (secondary N) is 1. The molecular formula is C17H17N5O2. The van der Waals surface area contributed by atoms with Gasteiger partial charge in [-0.25, -0.2) is 15.0 Å². The molecule has 2 heterocycles. The first kappa shape index (κ1) is 15.7. The quantitative estimate of drug-likeness (QED) is 0.750. The number of hydrogen-bond acceptors (Lipinski definition) is 5. The second-order valence-corrected chi connectivity index (χ2v) is 5.39. The Hall–Kier alpha value is -3.22. The van der Waals surface area contributed by atoms with Gasteiger partial charge in [0.1, 0.15) is 5.75 Å². The smallest absolute Gasteiger partial charge is 0.224 e. The molecule has 0 atom stereocenters. The minimum atomic E-state index is -0.107. The van der Waals surface area contributed by atoms with E-state index in [4.69, 9.17) is 0 Å². The van der Waals surface area contributed by atoms with Crippen molar-refractivity contribution < 1.29 is 9.90 Å². The SMILES string of the molecule is Cn1cncc1CCC(=O)Nc1cnc(-c2cccc(O)c2)nc1. The van der Waals surface area contributed by atoms with Crippen molar-refractivity contribution in [2.45, 2.75) is 12.8 Å². The molecule has 3 aromatic rings. The minimum absolute atomic E-state index is 0.107. The number of carbonyl (C=O) groups is 1. The molecule has 122 valence electrons. The van der Waals surface area contributed by atoms with E-state index in [0.717, 1.165) is 5.69 Å². The summed E-state index contributed by atoms with van der Waals surface area (Å²) in [5.41, 5.74) is 2.25. The van der Waals surface area contributed by atoms with Gasteiger partial charge in [-0.05, 0) is 18.6 Å². The zero-order valence-electron chi connectivity index (χ0n) is 13.2. The van der Waals surface area contributed by atoms with E-state index in [1.54, 1.807) is 49.2 Å². The van der Waals surface area contributed by atoms with Crippen LogP contribution in [0, 0.1) is 0 Å². The zero-order valence-corrected chi connectivity index (χ0v) is 13.2. The van der Waals surface area contributed by atoms with E-state index in [-0.39, 0.29) is 11.7 Å². The second-order valence-electron chi connectivity index (χ2n) is 5.39. The van der Waals surface area contributed by atoms with Crippen molar-refractivity contribution in [3.63, 3.8) is 0 Å². The van der Waals surface area contributed by atoms with Crippen molar-refractivity contribution in [3.8, 4) is 17.1 Å². The molecule has 0 aliphatic carbocycles. The molecule has 1 amide bonds. The fourth-order valence-corrected chi connectivity index (χ4v) is 2.28. The maximum atomic E-state index is 12.0. The van der Waals surface area contributed by atoms with E-state index >= 15 is 0 Å². The lowest BCUT2D eigenvalue weighted by atomic mass is 10.2. The maximum absolute atomic E-state index is 12.0. The minimum Gasteiger partial charge on any atom is -0.508 e. The van der Waals surface area contributed by atoms with Crippen molar-refractivity contribution in [2.24, 2.45) is 7.05 Å². The van der Waals surface area contributed by atoms with Gasteiger partial charge in [0.25, 0.3) is 0 Å². The average Bonchev–Trinajstić information content (AvgIpc) is 2.99. The number of rotatable bonds is 5. The number of aryl methyl sites for hydroxylation is 2. The lowest BCUT2D eigenvalue weighted by molar-refractivity contribution is -0.116. The molecule has 1 aromatic carbocycles. The number of amides is 1. The molecule has 0 saturated carbocycles. The van der Waals surface area contributed by atoms with Crippen LogP contribution in [0.15, 0.2) is 49.2 Å². The Kier molecular flexibility index (Phi) is 4.51. The number of phenols is 1. The number of hydrogen-bond donors (Lipinski definition) is 2. The first-order chi connectivity index (χ1) is 11.6. The summed E-state index contributed by atoms with van der Waals surface area (Å²) in [7, 11) is 1.90. The number of phenolic OH excluding ortho intramolecular Hbond substituents is 1. The van der Waals surface area contributed by atoms with Crippen LogP contribution in [0.3, 0.4) is 0 Å². The Balaban J connectivity index is 1.59. The van der Waals surface area contributed by atoms with Gasteiger partial charge in [-0.15, -0.1) is 0 Å². The Labute approximate surface area is 139 Å². The van der Waals surface area contributed by atoms with Crippen LogP contribution in [0.4, 0.5) is 5.69 Å². The van der Waals surface area contributed by atoms with Crippen LogP contribution < -0.4 is 5.32 Å². The molecule has 24 heavy (non-hydrogen) atoms. The van der Waals surface area contributed by atoms with Crippen molar-refractivity contribution in [2.75, 3.05) is 5.32 Å². The van der Waals surface area contributed by atoms with E-state index < -0.39 is 0 Å². The van der Waals surface area contributed by atoms with Gasteiger partial charge >= 0.3 is 0 Å². The third-order valence-electron chi connectivity index (χ3n) is 3.56. The van der Waals surface area contributed by atoms with Crippen LogP contribution in [0.5, 0.6) is 5.75 Å². The van der Waals surface area contributed by atoms with Crippen molar-refractivity contribution >= 4 is 11.6 Å². The van der Waals surface area contributed by atoms with Gasteiger partial charge in [0.15, 0.2) is 5.82 Å². The van der Waals surface area contributed by atoms with Gasteiger partial charge in [-0.3, -0.25) is 4.79 Å². The summed E-state index contributed by atoms with van der Waals surface area (Å²) in [5, 5.41) is 12.3. The lowest BCUT2D eigenvalue weighted by Gasteiger charge is -2.06. The molecule has 2 N–H and O–H groups in total. The third kappa shape index (κ3) is 3.75. The highest BCUT2D eigenvalue weighted by Gasteiger charge is 2.07. The lowest BCUT2D eigenvalue weighted by Crippen LogP contribution is -2.13. The summed E-state index contributed by atoms with van der Waals surface area (Å²) in [6.45, 7) is 0. The number of imidazole rings is 1. The maximum Gasteiger partial charge on any atom is 0.224 e. The van der Waals surface area contributed by atoms with Gasteiger partial charge in [0, 0.05) is 30.9 Å². The monoisotopic (exact) mass is 323 g/mol. The summed E-state index contributed by atoms with van der Waals surface area (Å²) >= 11 is 0. The summed E-state index contributed by atoms with van der Waals surface area (Å²) < 4.78 is 1.89. The number of aromatic hydroxyl groups is 1. The summed E-state index contributed by atoms with van der Waals surface area (Å²) in [5.74, 6) is 0.535. The normalized spacial score (nSPS) is 10.5. The van der Waals surface area contributed by atoms with Gasteiger partial charge < -0.3 is 15.0 Å². The van der Waals surface area contributed by atoms with E-state index in [2.05, 4.69) is 20.3 Å². The average molecular weight is 323 g/mol. The molecule has 0 bridgehead atoms. The Morgan fingerprint density at radius 3 is 2.71 bits per heavy atom. The van der Waals surface area contributed by atoms with Gasteiger partial charge in [0.05, 0.1) is 24.4 Å². The first-order valence-corrected chi connectivity index (χ1v) is 7.48. The van der Waals surface area contributed by atoms with Gasteiger partial charge in [-0.2, -0.15) is 0 Å².